The van der Waals surface area contributed by atoms with Crippen molar-refractivity contribution < 1.29 is 13.7 Å². The minimum absolute atomic E-state index is 0.162. The van der Waals surface area contributed by atoms with Crippen LogP contribution in [0.5, 0.6) is 0 Å². The number of fused-ring (bicyclic) bond motifs is 2. The maximum atomic E-state index is 12.5. The van der Waals surface area contributed by atoms with Gasteiger partial charge < -0.3 is 4.74 Å². The molecule has 0 fully saturated rings. The Balaban J connectivity index is 2.24. The van der Waals surface area contributed by atoms with Gasteiger partial charge in [-0.15, -0.1) is 0 Å². The van der Waals surface area contributed by atoms with E-state index in [2.05, 4.69) is 0 Å². The summed E-state index contributed by atoms with van der Waals surface area (Å²) in [5, 5.41) is 0. The van der Waals surface area contributed by atoms with Crippen LogP contribution in [0.1, 0.15) is 15.9 Å². The van der Waals surface area contributed by atoms with E-state index in [9.17, 15) is 9.00 Å². The number of benzene rings is 2. The molecule has 0 radical (unpaired) electrons. The molecule has 18 heavy (non-hydrogen) atoms. The summed E-state index contributed by atoms with van der Waals surface area (Å²) in [6.07, 6.45) is 0. The first kappa shape index (κ1) is 11.2. The summed E-state index contributed by atoms with van der Waals surface area (Å²) in [4.78, 5) is 13.1. The van der Waals surface area contributed by atoms with E-state index in [0.29, 0.717) is 15.4 Å². The summed E-state index contributed by atoms with van der Waals surface area (Å²) in [6, 6.07) is 14.2. The van der Waals surface area contributed by atoms with Crippen LogP contribution < -0.4 is 0 Å². The molecule has 1 unspecified atom stereocenters. The summed E-state index contributed by atoms with van der Waals surface area (Å²) in [6.45, 7) is 0.162. The SMILES string of the molecule is O=C1OCc2ccccc2S(=O)c2ccccc21. The second-order valence-electron chi connectivity index (χ2n) is 3.95. The van der Waals surface area contributed by atoms with Gasteiger partial charge in [0.15, 0.2) is 0 Å². The monoisotopic (exact) mass is 258 g/mol. The van der Waals surface area contributed by atoms with E-state index in [1.807, 2.05) is 18.2 Å². The summed E-state index contributed by atoms with van der Waals surface area (Å²) >= 11 is 0. The third-order valence-corrected chi connectivity index (χ3v) is 4.39. The predicted molar refractivity (Wildman–Crippen MR) is 66.7 cm³/mol. The summed E-state index contributed by atoms with van der Waals surface area (Å²) in [7, 11) is -1.34. The first-order valence-corrected chi connectivity index (χ1v) is 6.68. The fraction of sp³-hybridized carbons (Fsp3) is 0.0714. The molecule has 0 aliphatic carbocycles. The van der Waals surface area contributed by atoms with Crippen molar-refractivity contribution >= 4 is 16.8 Å². The zero-order valence-electron chi connectivity index (χ0n) is 9.46. The molecule has 1 heterocycles. The van der Waals surface area contributed by atoms with E-state index in [4.69, 9.17) is 4.74 Å². The topological polar surface area (TPSA) is 43.4 Å². The molecular weight excluding hydrogens is 248 g/mol. The molecule has 0 spiro atoms. The number of hydrogen-bond donors (Lipinski definition) is 0. The van der Waals surface area contributed by atoms with Crippen molar-refractivity contribution in [3.63, 3.8) is 0 Å². The smallest absolute Gasteiger partial charge is 0.339 e. The molecule has 4 heteroatoms. The molecule has 0 N–H and O–H groups in total. The highest BCUT2D eigenvalue weighted by atomic mass is 32.2. The van der Waals surface area contributed by atoms with E-state index < -0.39 is 16.8 Å². The Labute approximate surface area is 107 Å². The van der Waals surface area contributed by atoms with Gasteiger partial charge in [0.2, 0.25) is 0 Å². The van der Waals surface area contributed by atoms with Crippen molar-refractivity contribution in [3.8, 4) is 0 Å². The largest absolute Gasteiger partial charge is 0.457 e. The van der Waals surface area contributed by atoms with Gasteiger partial charge in [0.1, 0.15) is 6.61 Å². The second-order valence-corrected chi connectivity index (χ2v) is 5.37. The molecule has 2 aromatic carbocycles. The molecule has 0 saturated heterocycles. The molecule has 2 aromatic rings. The maximum absolute atomic E-state index is 12.5. The molecule has 3 nitrogen and oxygen atoms in total. The molecule has 1 aliphatic heterocycles. The Morgan fingerprint density at radius 2 is 1.61 bits per heavy atom. The number of rotatable bonds is 0. The normalized spacial score (nSPS) is 18.0. The zero-order valence-corrected chi connectivity index (χ0v) is 10.3. The van der Waals surface area contributed by atoms with Crippen molar-refractivity contribution in [2.24, 2.45) is 0 Å². The highest BCUT2D eigenvalue weighted by Gasteiger charge is 2.23. The van der Waals surface area contributed by atoms with Gasteiger partial charge in [-0.25, -0.2) is 9.00 Å². The van der Waals surface area contributed by atoms with Crippen LogP contribution in [0.25, 0.3) is 0 Å². The molecule has 0 saturated carbocycles. The maximum Gasteiger partial charge on any atom is 0.339 e. The lowest BCUT2D eigenvalue weighted by Gasteiger charge is -2.16. The average molecular weight is 258 g/mol. The van der Waals surface area contributed by atoms with Crippen molar-refractivity contribution in [1.29, 1.82) is 0 Å². The van der Waals surface area contributed by atoms with Crippen molar-refractivity contribution in [2.75, 3.05) is 0 Å². The van der Waals surface area contributed by atoms with Gasteiger partial charge in [0.05, 0.1) is 26.2 Å². The van der Waals surface area contributed by atoms with Gasteiger partial charge in [-0.2, -0.15) is 0 Å². The fourth-order valence-corrected chi connectivity index (χ4v) is 3.30. The van der Waals surface area contributed by atoms with Gasteiger partial charge in [-0.1, -0.05) is 30.3 Å². The van der Waals surface area contributed by atoms with Crippen LogP contribution in [0.15, 0.2) is 58.3 Å². The van der Waals surface area contributed by atoms with E-state index in [1.165, 1.54) is 0 Å². The minimum atomic E-state index is -1.34. The number of esters is 1. The highest BCUT2D eigenvalue weighted by Crippen LogP contribution is 2.26. The van der Waals surface area contributed by atoms with Gasteiger partial charge in [-0.3, -0.25) is 0 Å². The molecule has 1 atom stereocenters. The molecule has 1 aliphatic rings. The third kappa shape index (κ3) is 1.75. The molecule has 3 rings (SSSR count). The van der Waals surface area contributed by atoms with Crippen LogP contribution in [0.2, 0.25) is 0 Å². The standard InChI is InChI=1S/C14H10O3S/c15-14-11-6-2-4-8-13(11)18(16)12-7-3-1-5-10(12)9-17-14/h1-8H,9H2. The molecule has 0 aromatic heterocycles. The van der Waals surface area contributed by atoms with Crippen molar-refractivity contribution in [3.05, 3.63) is 59.7 Å². The van der Waals surface area contributed by atoms with E-state index in [-0.39, 0.29) is 6.61 Å². The lowest BCUT2D eigenvalue weighted by atomic mass is 10.2. The quantitative estimate of drug-likeness (QED) is 0.682. The number of hydrogen-bond acceptors (Lipinski definition) is 3. The molecular formula is C14H10O3S. The number of cyclic esters (lactones) is 1. The van der Waals surface area contributed by atoms with Crippen LogP contribution in [-0.2, 0) is 22.1 Å². The van der Waals surface area contributed by atoms with Crippen LogP contribution in [-0.4, -0.2) is 10.2 Å². The summed E-state index contributed by atoms with van der Waals surface area (Å²) in [5.74, 6) is -0.423. The Kier molecular flexibility index (Phi) is 2.72. The van der Waals surface area contributed by atoms with E-state index in [0.717, 1.165) is 5.56 Å². The molecule has 0 bridgehead atoms. The van der Waals surface area contributed by atoms with Gasteiger partial charge in [0.25, 0.3) is 0 Å². The third-order valence-electron chi connectivity index (χ3n) is 2.84. The first-order valence-electron chi connectivity index (χ1n) is 5.53. The Hall–Kier alpha value is -1.94. The summed E-state index contributed by atoms with van der Waals surface area (Å²) < 4.78 is 17.7. The predicted octanol–water partition coefficient (Wildman–Crippen LogP) is 2.52. The average Bonchev–Trinajstić information content (AvgIpc) is 2.43. The summed E-state index contributed by atoms with van der Waals surface area (Å²) in [5.41, 5.74) is 1.17. The number of carbonyl (C=O) groups excluding carboxylic acids is 1. The van der Waals surface area contributed by atoms with Crippen molar-refractivity contribution in [2.45, 2.75) is 16.4 Å². The fourth-order valence-electron chi connectivity index (χ4n) is 1.94. The van der Waals surface area contributed by atoms with E-state index in [1.54, 1.807) is 30.3 Å². The zero-order chi connectivity index (χ0) is 12.5. The van der Waals surface area contributed by atoms with E-state index >= 15 is 0 Å². The Bertz CT molecular complexity index is 649. The lowest BCUT2D eigenvalue weighted by molar-refractivity contribution is 0.0463. The number of ether oxygens (including phenoxy) is 1. The first-order chi connectivity index (χ1) is 8.77. The van der Waals surface area contributed by atoms with Crippen LogP contribution in [0.3, 0.4) is 0 Å². The molecule has 0 amide bonds. The van der Waals surface area contributed by atoms with Crippen LogP contribution >= 0.6 is 0 Å². The lowest BCUT2D eigenvalue weighted by Crippen LogP contribution is -2.14. The van der Waals surface area contributed by atoms with Gasteiger partial charge >= 0.3 is 5.97 Å². The van der Waals surface area contributed by atoms with Crippen LogP contribution in [0, 0.1) is 0 Å². The van der Waals surface area contributed by atoms with Gasteiger partial charge in [0, 0.05) is 5.56 Å². The number of carbonyl (C=O) groups is 1. The second kappa shape index (κ2) is 4.38. The Morgan fingerprint density at radius 3 is 2.44 bits per heavy atom. The highest BCUT2D eigenvalue weighted by molar-refractivity contribution is 7.85. The molecule has 90 valence electrons. The van der Waals surface area contributed by atoms with Gasteiger partial charge in [-0.05, 0) is 18.2 Å². The van der Waals surface area contributed by atoms with Crippen LogP contribution in [0.4, 0.5) is 0 Å². The Morgan fingerprint density at radius 1 is 0.944 bits per heavy atom. The minimum Gasteiger partial charge on any atom is -0.457 e. The van der Waals surface area contributed by atoms with Crippen molar-refractivity contribution in [1.82, 2.24) is 0 Å².